The molecule has 5 nitrogen and oxygen atoms in total. The topological polar surface area (TPSA) is 70.5 Å². The molecule has 1 aliphatic rings. The van der Waals surface area contributed by atoms with Crippen LogP contribution in [0.4, 0.5) is 0 Å². The Bertz CT molecular complexity index is 953. The zero-order valence-corrected chi connectivity index (χ0v) is 16.3. The number of fused-ring (bicyclic) bond motifs is 1. The third kappa shape index (κ3) is 3.92. The number of likely N-dealkylation sites (tertiary alicyclic amines) is 1. The highest BCUT2D eigenvalue weighted by Gasteiger charge is 2.40. The van der Waals surface area contributed by atoms with E-state index in [1.165, 1.54) is 4.70 Å². The van der Waals surface area contributed by atoms with Gasteiger partial charge in [0.1, 0.15) is 0 Å². The first-order valence-corrected chi connectivity index (χ1v) is 10.3. The van der Waals surface area contributed by atoms with Gasteiger partial charge in [0.15, 0.2) is 0 Å². The second-order valence-electron chi connectivity index (χ2n) is 7.19. The average Bonchev–Trinajstić information content (AvgIpc) is 3.33. The number of carbonyl (C=O) groups is 2. The molecule has 1 amide bonds. The molecule has 4 rings (SSSR count). The molecule has 0 aliphatic carbocycles. The Morgan fingerprint density at radius 3 is 2.57 bits per heavy atom. The molecule has 2 heterocycles. The van der Waals surface area contributed by atoms with Gasteiger partial charge in [-0.15, -0.1) is 11.3 Å². The molecule has 0 unspecified atom stereocenters. The van der Waals surface area contributed by atoms with Crippen molar-refractivity contribution < 1.29 is 14.7 Å². The molecular weight excluding hydrogens is 372 g/mol. The number of rotatable bonds is 6. The van der Waals surface area contributed by atoms with Gasteiger partial charge in [-0.05, 0) is 30.5 Å². The minimum absolute atomic E-state index is 0.0331. The molecule has 0 spiro atoms. The molecule has 3 aromatic rings. The summed E-state index contributed by atoms with van der Waals surface area (Å²) in [4.78, 5) is 30.7. The lowest BCUT2D eigenvalue weighted by molar-refractivity contribution is -0.141. The van der Waals surface area contributed by atoms with E-state index in [1.807, 2.05) is 48.5 Å². The zero-order valence-electron chi connectivity index (χ0n) is 15.5. The maximum atomic E-state index is 12.7. The molecule has 28 heavy (non-hydrogen) atoms. The van der Waals surface area contributed by atoms with Crippen LogP contribution in [0.15, 0.2) is 54.6 Å². The number of benzene rings is 2. The molecule has 6 heteroatoms. The van der Waals surface area contributed by atoms with Crippen LogP contribution in [0.3, 0.4) is 0 Å². The minimum Gasteiger partial charge on any atom is -0.481 e. The third-order valence-corrected chi connectivity index (χ3v) is 6.43. The quantitative estimate of drug-likeness (QED) is 0.687. The average molecular weight is 394 g/mol. The summed E-state index contributed by atoms with van der Waals surface area (Å²) in [6, 6.07) is 17.7. The number of amides is 1. The Balaban J connectivity index is 1.36. The van der Waals surface area contributed by atoms with Crippen LogP contribution in [-0.4, -0.2) is 40.0 Å². The maximum absolute atomic E-state index is 12.7. The van der Waals surface area contributed by atoms with Crippen molar-refractivity contribution in [3.63, 3.8) is 0 Å². The first kappa shape index (κ1) is 18.6. The van der Waals surface area contributed by atoms with Crippen LogP contribution >= 0.6 is 11.3 Å². The van der Waals surface area contributed by atoms with E-state index in [2.05, 4.69) is 11.1 Å². The number of carboxylic acids is 1. The van der Waals surface area contributed by atoms with Gasteiger partial charge < -0.3 is 10.0 Å². The van der Waals surface area contributed by atoms with Gasteiger partial charge in [-0.2, -0.15) is 0 Å². The monoisotopic (exact) mass is 394 g/mol. The third-order valence-electron chi connectivity index (χ3n) is 5.34. The van der Waals surface area contributed by atoms with Crippen LogP contribution in [0.2, 0.25) is 0 Å². The lowest BCUT2D eigenvalue weighted by atomic mass is 9.89. The highest BCUT2D eigenvalue weighted by Crippen LogP contribution is 2.33. The predicted octanol–water partition coefficient (Wildman–Crippen LogP) is 3.95. The smallest absolute Gasteiger partial charge is 0.308 e. The van der Waals surface area contributed by atoms with Gasteiger partial charge in [-0.1, -0.05) is 42.5 Å². The van der Waals surface area contributed by atoms with Gasteiger partial charge >= 0.3 is 5.97 Å². The van der Waals surface area contributed by atoms with Crippen molar-refractivity contribution in [3.05, 3.63) is 65.2 Å². The zero-order chi connectivity index (χ0) is 19.5. The Morgan fingerprint density at radius 1 is 1.07 bits per heavy atom. The fourth-order valence-electron chi connectivity index (χ4n) is 3.87. The number of aromatic nitrogens is 1. The summed E-state index contributed by atoms with van der Waals surface area (Å²) in [5.74, 6) is -1.49. The van der Waals surface area contributed by atoms with Gasteiger partial charge in [0, 0.05) is 25.4 Å². The van der Waals surface area contributed by atoms with E-state index in [-0.39, 0.29) is 18.4 Å². The van der Waals surface area contributed by atoms with Crippen molar-refractivity contribution >= 4 is 33.4 Å². The Kier molecular flexibility index (Phi) is 5.39. The molecule has 1 N–H and O–H groups in total. The van der Waals surface area contributed by atoms with E-state index in [0.29, 0.717) is 13.0 Å². The largest absolute Gasteiger partial charge is 0.481 e. The molecule has 144 valence electrons. The molecule has 0 saturated carbocycles. The van der Waals surface area contributed by atoms with E-state index < -0.39 is 11.9 Å². The number of carbonyl (C=O) groups excluding carboxylic acids is 1. The maximum Gasteiger partial charge on any atom is 0.308 e. The number of thiazole rings is 1. The Morgan fingerprint density at radius 2 is 1.82 bits per heavy atom. The van der Waals surface area contributed by atoms with Crippen LogP contribution in [0.25, 0.3) is 10.2 Å². The van der Waals surface area contributed by atoms with Crippen molar-refractivity contribution in [1.29, 1.82) is 0 Å². The summed E-state index contributed by atoms with van der Waals surface area (Å²) in [5, 5.41) is 10.6. The second kappa shape index (κ2) is 8.10. The van der Waals surface area contributed by atoms with Gasteiger partial charge in [0.25, 0.3) is 0 Å². The van der Waals surface area contributed by atoms with Gasteiger partial charge in [0.2, 0.25) is 5.91 Å². The highest BCUT2D eigenvalue weighted by atomic mass is 32.1. The summed E-state index contributed by atoms with van der Waals surface area (Å²) >= 11 is 1.67. The van der Waals surface area contributed by atoms with E-state index >= 15 is 0 Å². The lowest BCUT2D eigenvalue weighted by Crippen LogP contribution is -2.29. The van der Waals surface area contributed by atoms with Crippen molar-refractivity contribution in [2.24, 2.45) is 5.92 Å². The van der Waals surface area contributed by atoms with E-state index in [0.717, 1.165) is 28.9 Å². The highest BCUT2D eigenvalue weighted by molar-refractivity contribution is 7.18. The fourth-order valence-corrected chi connectivity index (χ4v) is 4.88. The number of aliphatic carboxylic acids is 1. The van der Waals surface area contributed by atoms with E-state index in [1.54, 1.807) is 16.2 Å². The first-order valence-electron chi connectivity index (χ1n) is 9.52. The van der Waals surface area contributed by atoms with Crippen molar-refractivity contribution in [1.82, 2.24) is 9.88 Å². The van der Waals surface area contributed by atoms with Crippen molar-refractivity contribution in [3.8, 4) is 0 Å². The van der Waals surface area contributed by atoms with Crippen molar-refractivity contribution in [2.75, 3.05) is 13.1 Å². The van der Waals surface area contributed by atoms with E-state index in [9.17, 15) is 14.7 Å². The summed E-state index contributed by atoms with van der Waals surface area (Å²) in [6.45, 7) is 0.760. The molecule has 1 fully saturated rings. The normalized spacial score (nSPS) is 19.2. The van der Waals surface area contributed by atoms with Crippen LogP contribution in [-0.2, 0) is 16.0 Å². The molecule has 1 aromatic heterocycles. The van der Waals surface area contributed by atoms with Crippen molar-refractivity contribution in [2.45, 2.75) is 25.2 Å². The SMILES string of the molecule is O=C(O)[C@@H]1CN(C(=O)CCCc2nc3ccccc3s2)C[C@@H]1c1ccccc1. The molecule has 2 atom stereocenters. The molecule has 1 aliphatic heterocycles. The fraction of sp³-hybridized carbons (Fsp3) is 0.318. The van der Waals surface area contributed by atoms with Crippen LogP contribution in [0.5, 0.6) is 0 Å². The van der Waals surface area contributed by atoms with E-state index in [4.69, 9.17) is 0 Å². The number of aryl methyl sites for hydroxylation is 1. The summed E-state index contributed by atoms with van der Waals surface area (Å²) in [6.07, 6.45) is 1.91. The molecular formula is C22H22N2O3S. The lowest BCUT2D eigenvalue weighted by Gasteiger charge is -2.16. The molecule has 0 radical (unpaired) electrons. The van der Waals surface area contributed by atoms with Crippen LogP contribution in [0.1, 0.15) is 29.3 Å². The molecule has 0 bridgehead atoms. The van der Waals surface area contributed by atoms with Gasteiger partial charge in [0.05, 0.1) is 21.1 Å². The number of carboxylic acid groups (broad SMARTS) is 1. The van der Waals surface area contributed by atoms with Gasteiger partial charge in [-0.3, -0.25) is 9.59 Å². The number of hydrogen-bond acceptors (Lipinski definition) is 4. The predicted molar refractivity (Wildman–Crippen MR) is 109 cm³/mol. The summed E-state index contributed by atoms with van der Waals surface area (Å²) in [5.41, 5.74) is 1.99. The summed E-state index contributed by atoms with van der Waals surface area (Å²) < 4.78 is 1.17. The number of nitrogens with zero attached hydrogens (tertiary/aromatic N) is 2. The summed E-state index contributed by atoms with van der Waals surface area (Å²) in [7, 11) is 0. The number of hydrogen-bond donors (Lipinski definition) is 1. The van der Waals surface area contributed by atoms with Crippen LogP contribution < -0.4 is 0 Å². The number of para-hydroxylation sites is 1. The first-order chi connectivity index (χ1) is 13.6. The second-order valence-corrected chi connectivity index (χ2v) is 8.30. The van der Waals surface area contributed by atoms with Crippen LogP contribution in [0, 0.1) is 5.92 Å². The Labute approximate surface area is 167 Å². The Hall–Kier alpha value is -2.73. The van der Waals surface area contributed by atoms with Gasteiger partial charge in [-0.25, -0.2) is 4.98 Å². The minimum atomic E-state index is -0.835. The molecule has 1 saturated heterocycles. The molecule has 2 aromatic carbocycles. The standard InChI is InChI=1S/C22H22N2O3S/c25-21(12-6-11-20-23-18-9-4-5-10-19(18)28-20)24-13-16(17(14-24)22(26)27)15-7-2-1-3-8-15/h1-5,7-10,16-17H,6,11-14H2,(H,26,27)/t16-,17-/m1/s1.